The van der Waals surface area contributed by atoms with E-state index in [0.29, 0.717) is 5.92 Å². The van der Waals surface area contributed by atoms with Crippen LogP contribution in [-0.2, 0) is 11.2 Å². The van der Waals surface area contributed by atoms with Crippen LogP contribution in [-0.4, -0.2) is 33.9 Å². The van der Waals surface area contributed by atoms with E-state index in [-0.39, 0.29) is 0 Å². The first-order valence-corrected chi connectivity index (χ1v) is 6.61. The third-order valence-electron chi connectivity index (χ3n) is 3.18. The van der Waals surface area contributed by atoms with Crippen molar-refractivity contribution in [1.82, 2.24) is 5.32 Å². The SMILES string of the molecule is COC[C@H]1CNCCc2cc(OC)c(Br)cc21. The minimum absolute atomic E-state index is 0.416. The number of halogens is 1. The van der Waals surface area contributed by atoms with E-state index in [9.17, 15) is 0 Å². The quantitative estimate of drug-likeness (QED) is 0.929. The zero-order valence-electron chi connectivity index (χ0n) is 10.3. The molecule has 0 fully saturated rings. The maximum atomic E-state index is 5.35. The average molecular weight is 300 g/mol. The van der Waals surface area contributed by atoms with Crippen molar-refractivity contribution < 1.29 is 9.47 Å². The van der Waals surface area contributed by atoms with Gasteiger partial charge < -0.3 is 14.8 Å². The lowest BCUT2D eigenvalue weighted by Crippen LogP contribution is -2.22. The molecule has 0 unspecified atom stereocenters. The Kier molecular flexibility index (Phi) is 4.42. The molecule has 1 aromatic rings. The summed E-state index contributed by atoms with van der Waals surface area (Å²) in [5, 5.41) is 3.45. The van der Waals surface area contributed by atoms with Crippen molar-refractivity contribution in [3.63, 3.8) is 0 Å². The minimum atomic E-state index is 0.416. The van der Waals surface area contributed by atoms with Crippen LogP contribution in [0.25, 0.3) is 0 Å². The molecule has 1 aromatic carbocycles. The molecule has 94 valence electrons. The van der Waals surface area contributed by atoms with Crippen LogP contribution in [0.15, 0.2) is 16.6 Å². The van der Waals surface area contributed by atoms with Crippen molar-refractivity contribution in [2.75, 3.05) is 33.9 Å². The molecule has 0 aliphatic carbocycles. The number of rotatable bonds is 3. The summed E-state index contributed by atoms with van der Waals surface area (Å²) in [6, 6.07) is 4.31. The Balaban J connectivity index is 2.39. The number of methoxy groups -OCH3 is 2. The van der Waals surface area contributed by atoms with Gasteiger partial charge in [-0.3, -0.25) is 0 Å². The molecule has 0 spiro atoms. The topological polar surface area (TPSA) is 30.5 Å². The van der Waals surface area contributed by atoms with Crippen LogP contribution >= 0.6 is 15.9 Å². The van der Waals surface area contributed by atoms with Gasteiger partial charge in [-0.2, -0.15) is 0 Å². The Morgan fingerprint density at radius 2 is 2.24 bits per heavy atom. The summed E-state index contributed by atoms with van der Waals surface area (Å²) in [5.41, 5.74) is 2.72. The fraction of sp³-hybridized carbons (Fsp3) is 0.538. The van der Waals surface area contributed by atoms with Crippen molar-refractivity contribution >= 4 is 15.9 Å². The van der Waals surface area contributed by atoms with E-state index >= 15 is 0 Å². The summed E-state index contributed by atoms with van der Waals surface area (Å²) in [6.07, 6.45) is 1.04. The number of hydrogen-bond donors (Lipinski definition) is 1. The first-order valence-electron chi connectivity index (χ1n) is 5.82. The Bertz CT molecular complexity index is 395. The van der Waals surface area contributed by atoms with Crippen molar-refractivity contribution in [3.8, 4) is 5.75 Å². The Morgan fingerprint density at radius 1 is 1.41 bits per heavy atom. The van der Waals surface area contributed by atoms with Gasteiger partial charge in [-0.1, -0.05) is 0 Å². The highest BCUT2D eigenvalue weighted by Crippen LogP contribution is 2.33. The van der Waals surface area contributed by atoms with Crippen LogP contribution in [0.2, 0.25) is 0 Å². The van der Waals surface area contributed by atoms with Crippen LogP contribution in [0, 0.1) is 0 Å². The minimum Gasteiger partial charge on any atom is -0.496 e. The Labute approximate surface area is 111 Å². The molecule has 0 amide bonds. The molecule has 1 aliphatic rings. The molecule has 0 bridgehead atoms. The van der Waals surface area contributed by atoms with E-state index in [4.69, 9.17) is 9.47 Å². The summed E-state index contributed by atoms with van der Waals surface area (Å²) >= 11 is 3.55. The Hall–Kier alpha value is -0.580. The first-order chi connectivity index (χ1) is 8.26. The highest BCUT2D eigenvalue weighted by molar-refractivity contribution is 9.10. The highest BCUT2D eigenvalue weighted by Gasteiger charge is 2.20. The third kappa shape index (κ3) is 2.81. The van der Waals surface area contributed by atoms with E-state index in [1.807, 2.05) is 0 Å². The summed E-state index contributed by atoms with van der Waals surface area (Å²) in [4.78, 5) is 0. The van der Waals surface area contributed by atoms with E-state index in [2.05, 4.69) is 33.4 Å². The lowest BCUT2D eigenvalue weighted by molar-refractivity contribution is 0.178. The molecule has 0 radical (unpaired) electrons. The van der Waals surface area contributed by atoms with Gasteiger partial charge in [0.1, 0.15) is 5.75 Å². The summed E-state index contributed by atoms with van der Waals surface area (Å²) < 4.78 is 11.7. The molecule has 4 heteroatoms. The van der Waals surface area contributed by atoms with E-state index in [1.165, 1.54) is 11.1 Å². The second-order valence-corrected chi connectivity index (χ2v) is 5.15. The molecule has 1 atom stereocenters. The molecule has 3 nitrogen and oxygen atoms in total. The van der Waals surface area contributed by atoms with Crippen molar-refractivity contribution in [2.24, 2.45) is 0 Å². The van der Waals surface area contributed by atoms with Crippen LogP contribution in [0.5, 0.6) is 5.75 Å². The zero-order valence-corrected chi connectivity index (χ0v) is 11.8. The second kappa shape index (κ2) is 5.85. The molecule has 2 rings (SSSR count). The fourth-order valence-corrected chi connectivity index (χ4v) is 2.85. The van der Waals surface area contributed by atoms with Crippen LogP contribution in [0.4, 0.5) is 0 Å². The summed E-state index contributed by atoms with van der Waals surface area (Å²) in [7, 11) is 3.46. The van der Waals surface area contributed by atoms with E-state index in [1.54, 1.807) is 14.2 Å². The van der Waals surface area contributed by atoms with Gasteiger partial charge in [0.25, 0.3) is 0 Å². The molecule has 1 N–H and O–H groups in total. The summed E-state index contributed by atoms with van der Waals surface area (Å²) in [6.45, 7) is 2.73. The number of nitrogens with one attached hydrogen (secondary N) is 1. The lowest BCUT2D eigenvalue weighted by atomic mass is 9.94. The number of fused-ring (bicyclic) bond motifs is 1. The van der Waals surface area contributed by atoms with Gasteiger partial charge >= 0.3 is 0 Å². The van der Waals surface area contributed by atoms with E-state index in [0.717, 1.165) is 36.3 Å². The smallest absolute Gasteiger partial charge is 0.133 e. The molecule has 0 aromatic heterocycles. The predicted molar refractivity (Wildman–Crippen MR) is 71.9 cm³/mol. The van der Waals surface area contributed by atoms with Crippen molar-refractivity contribution in [3.05, 3.63) is 27.7 Å². The zero-order chi connectivity index (χ0) is 12.3. The second-order valence-electron chi connectivity index (χ2n) is 4.29. The number of hydrogen-bond acceptors (Lipinski definition) is 3. The lowest BCUT2D eigenvalue weighted by Gasteiger charge is -2.18. The van der Waals surface area contributed by atoms with Crippen molar-refractivity contribution in [2.45, 2.75) is 12.3 Å². The van der Waals surface area contributed by atoms with Crippen molar-refractivity contribution in [1.29, 1.82) is 0 Å². The summed E-state index contributed by atoms with van der Waals surface area (Å²) in [5.74, 6) is 1.32. The molecule has 0 saturated carbocycles. The number of ether oxygens (including phenoxy) is 2. The van der Waals surface area contributed by atoms with Crippen LogP contribution in [0.3, 0.4) is 0 Å². The normalized spacial score (nSPS) is 19.6. The standard InChI is InChI=1S/C13H18BrNO2/c1-16-8-10-7-15-4-3-9-5-13(17-2)12(14)6-11(9)10/h5-6,10,15H,3-4,7-8H2,1-2H3/t10-/m1/s1. The van der Waals surface area contributed by atoms with Gasteiger partial charge in [0.2, 0.25) is 0 Å². The number of benzene rings is 1. The first kappa shape index (κ1) is 12.9. The maximum absolute atomic E-state index is 5.35. The van der Waals surface area contributed by atoms with E-state index < -0.39 is 0 Å². The van der Waals surface area contributed by atoms with Gasteiger partial charge in [0.05, 0.1) is 18.2 Å². The van der Waals surface area contributed by atoms with Gasteiger partial charge in [-0.15, -0.1) is 0 Å². The molecule has 0 saturated heterocycles. The van der Waals surface area contributed by atoms with Crippen LogP contribution < -0.4 is 10.1 Å². The highest BCUT2D eigenvalue weighted by atomic mass is 79.9. The van der Waals surface area contributed by atoms with Crippen LogP contribution in [0.1, 0.15) is 17.0 Å². The average Bonchev–Trinajstić information content (AvgIpc) is 2.52. The molecular formula is C13H18BrNO2. The predicted octanol–water partition coefficient (Wildman–Crippen LogP) is 2.33. The monoisotopic (exact) mass is 299 g/mol. The Morgan fingerprint density at radius 3 is 2.94 bits per heavy atom. The molecule has 17 heavy (non-hydrogen) atoms. The third-order valence-corrected chi connectivity index (χ3v) is 3.80. The van der Waals surface area contributed by atoms with Gasteiger partial charge in [0, 0.05) is 19.6 Å². The molecule has 1 heterocycles. The fourth-order valence-electron chi connectivity index (χ4n) is 2.32. The molecular weight excluding hydrogens is 282 g/mol. The largest absolute Gasteiger partial charge is 0.496 e. The van der Waals surface area contributed by atoms with Gasteiger partial charge in [0.15, 0.2) is 0 Å². The molecule has 1 aliphatic heterocycles. The maximum Gasteiger partial charge on any atom is 0.133 e. The van der Waals surface area contributed by atoms with Gasteiger partial charge in [-0.05, 0) is 52.2 Å². The van der Waals surface area contributed by atoms with Gasteiger partial charge in [-0.25, -0.2) is 0 Å².